The molecule has 5 rings (SSSR count). The lowest BCUT2D eigenvalue weighted by Gasteiger charge is -2.16. The van der Waals surface area contributed by atoms with Crippen molar-refractivity contribution in [1.82, 2.24) is 0 Å². The van der Waals surface area contributed by atoms with Crippen molar-refractivity contribution < 1.29 is 22.7 Å². The maximum absolute atomic E-state index is 12.8. The number of rotatable bonds is 9. The van der Waals surface area contributed by atoms with E-state index in [4.69, 9.17) is 9.47 Å². The van der Waals surface area contributed by atoms with Crippen molar-refractivity contribution in [2.75, 3.05) is 6.26 Å². The van der Waals surface area contributed by atoms with Crippen LogP contribution < -0.4 is 4.74 Å². The largest absolute Gasteiger partial charge is 0.488 e. The van der Waals surface area contributed by atoms with Crippen molar-refractivity contribution in [3.8, 4) is 5.75 Å². The van der Waals surface area contributed by atoms with E-state index in [1.165, 1.54) is 6.26 Å². The molecule has 0 radical (unpaired) electrons. The average molecular weight is 539 g/mol. The first-order valence-corrected chi connectivity index (χ1v) is 14.8. The quantitative estimate of drug-likeness (QED) is 0.212. The molecule has 0 amide bonds. The molecule has 0 aromatic heterocycles. The van der Waals surface area contributed by atoms with E-state index in [0.717, 1.165) is 52.7 Å². The number of sulfone groups is 1. The molecule has 4 aromatic carbocycles. The van der Waals surface area contributed by atoms with E-state index in [-0.39, 0.29) is 17.5 Å². The number of benzene rings is 4. The maximum Gasteiger partial charge on any atom is 0.338 e. The minimum Gasteiger partial charge on any atom is -0.488 e. The van der Waals surface area contributed by atoms with Crippen molar-refractivity contribution in [3.63, 3.8) is 0 Å². The SMILES string of the molecule is CS(=O)(=O)c1ccc(OCc2ccccc2)c(C2=C(c3cccc(C(=O)OCc4ccccc4)c3)CCC2)c1. The van der Waals surface area contributed by atoms with Gasteiger partial charge in [-0.25, -0.2) is 13.2 Å². The van der Waals surface area contributed by atoms with Gasteiger partial charge in [-0.3, -0.25) is 0 Å². The minimum absolute atomic E-state index is 0.207. The minimum atomic E-state index is -3.41. The zero-order valence-corrected chi connectivity index (χ0v) is 22.6. The van der Waals surface area contributed by atoms with Gasteiger partial charge in [0.25, 0.3) is 0 Å². The molecule has 0 fully saturated rings. The Labute approximate surface area is 229 Å². The molecule has 0 bridgehead atoms. The van der Waals surface area contributed by atoms with Crippen LogP contribution in [-0.4, -0.2) is 20.6 Å². The first-order valence-electron chi connectivity index (χ1n) is 12.9. The fourth-order valence-electron chi connectivity index (χ4n) is 4.84. The lowest BCUT2D eigenvalue weighted by molar-refractivity contribution is 0.0472. The molecule has 0 N–H and O–H groups in total. The van der Waals surface area contributed by atoms with Crippen molar-refractivity contribution in [3.05, 3.63) is 131 Å². The molecule has 5 nitrogen and oxygen atoms in total. The normalized spacial score (nSPS) is 13.4. The third kappa shape index (κ3) is 6.47. The van der Waals surface area contributed by atoms with E-state index in [2.05, 4.69) is 0 Å². The molecule has 39 heavy (non-hydrogen) atoms. The van der Waals surface area contributed by atoms with Crippen molar-refractivity contribution >= 4 is 27.0 Å². The molecule has 198 valence electrons. The zero-order valence-electron chi connectivity index (χ0n) is 21.8. The van der Waals surface area contributed by atoms with Crippen molar-refractivity contribution in [2.45, 2.75) is 37.4 Å². The van der Waals surface area contributed by atoms with Crippen LogP contribution in [0.25, 0.3) is 11.1 Å². The van der Waals surface area contributed by atoms with Gasteiger partial charge in [-0.2, -0.15) is 0 Å². The number of hydrogen-bond donors (Lipinski definition) is 0. The van der Waals surface area contributed by atoms with E-state index < -0.39 is 9.84 Å². The number of esters is 1. The lowest BCUT2D eigenvalue weighted by Crippen LogP contribution is -2.06. The molecule has 0 spiro atoms. The van der Waals surface area contributed by atoms with E-state index >= 15 is 0 Å². The smallest absolute Gasteiger partial charge is 0.338 e. The van der Waals surface area contributed by atoms with Gasteiger partial charge in [-0.15, -0.1) is 0 Å². The number of carbonyl (C=O) groups excluding carboxylic acids is 1. The van der Waals surface area contributed by atoms with Crippen LogP contribution in [0.1, 0.15) is 51.9 Å². The highest BCUT2D eigenvalue weighted by Crippen LogP contribution is 2.43. The van der Waals surface area contributed by atoms with Gasteiger partial charge in [-0.05, 0) is 77.4 Å². The zero-order chi connectivity index (χ0) is 27.2. The van der Waals surface area contributed by atoms with E-state index in [1.54, 1.807) is 24.3 Å². The van der Waals surface area contributed by atoms with Gasteiger partial charge in [-0.1, -0.05) is 72.8 Å². The van der Waals surface area contributed by atoms with Gasteiger partial charge >= 0.3 is 5.97 Å². The van der Waals surface area contributed by atoms with Gasteiger partial charge < -0.3 is 9.47 Å². The average Bonchev–Trinajstić information content (AvgIpc) is 3.45. The lowest BCUT2D eigenvalue weighted by atomic mass is 9.95. The summed E-state index contributed by atoms with van der Waals surface area (Å²) in [6, 6.07) is 32.0. The molecule has 0 aliphatic heterocycles. The maximum atomic E-state index is 12.8. The molecular formula is C33H30O5S. The molecule has 4 aromatic rings. The Bertz CT molecular complexity index is 1610. The van der Waals surface area contributed by atoms with E-state index in [1.807, 2.05) is 78.9 Å². The molecule has 6 heteroatoms. The standard InChI is InChI=1S/C33H30O5S/c1-39(35,36)28-18-19-32(37-22-24-10-4-2-5-11-24)31(21-28)30-17-9-16-29(30)26-14-8-15-27(20-26)33(34)38-23-25-12-6-3-7-13-25/h2-8,10-15,18-21H,9,16-17,22-23H2,1H3. The molecule has 0 atom stereocenters. The second-order valence-electron chi connectivity index (χ2n) is 9.66. The van der Waals surface area contributed by atoms with Crippen molar-refractivity contribution in [1.29, 1.82) is 0 Å². The Balaban J connectivity index is 1.47. The van der Waals surface area contributed by atoms with Crippen LogP contribution in [0.4, 0.5) is 0 Å². The van der Waals surface area contributed by atoms with Crippen molar-refractivity contribution in [2.24, 2.45) is 0 Å². The van der Waals surface area contributed by atoms with Gasteiger partial charge in [0.05, 0.1) is 10.5 Å². The van der Waals surface area contributed by atoms with Gasteiger partial charge in [0, 0.05) is 11.8 Å². The third-order valence-electron chi connectivity index (χ3n) is 6.82. The summed E-state index contributed by atoms with van der Waals surface area (Å²) in [7, 11) is -3.41. The molecule has 0 heterocycles. The summed E-state index contributed by atoms with van der Waals surface area (Å²) in [5.74, 6) is 0.255. The van der Waals surface area contributed by atoms with Crippen LogP contribution in [0.3, 0.4) is 0 Å². The van der Waals surface area contributed by atoms with Crippen LogP contribution in [-0.2, 0) is 27.8 Å². The summed E-state index contributed by atoms with van der Waals surface area (Å²) in [5, 5.41) is 0. The van der Waals surface area contributed by atoms with Crippen LogP contribution >= 0.6 is 0 Å². The number of ether oxygens (including phenoxy) is 2. The first kappa shape index (κ1) is 26.4. The Morgan fingerprint density at radius 2 is 1.41 bits per heavy atom. The molecule has 0 saturated carbocycles. The summed E-state index contributed by atoms with van der Waals surface area (Å²) in [6.07, 6.45) is 3.74. The fourth-order valence-corrected chi connectivity index (χ4v) is 5.48. The van der Waals surface area contributed by atoms with Gasteiger partial charge in [0.1, 0.15) is 19.0 Å². The van der Waals surface area contributed by atoms with Crippen LogP contribution in [0.2, 0.25) is 0 Å². The second-order valence-corrected chi connectivity index (χ2v) is 11.7. The van der Waals surface area contributed by atoms with Gasteiger partial charge in [0.2, 0.25) is 0 Å². The van der Waals surface area contributed by atoms with Crippen LogP contribution in [0, 0.1) is 0 Å². The summed E-state index contributed by atoms with van der Waals surface area (Å²) >= 11 is 0. The van der Waals surface area contributed by atoms with E-state index in [9.17, 15) is 13.2 Å². The number of carbonyl (C=O) groups is 1. The Morgan fingerprint density at radius 1 is 0.744 bits per heavy atom. The monoisotopic (exact) mass is 538 g/mol. The number of allylic oxidation sites excluding steroid dienone is 2. The number of hydrogen-bond acceptors (Lipinski definition) is 5. The Hall–Kier alpha value is -4.16. The summed E-state index contributed by atoms with van der Waals surface area (Å²) < 4.78 is 36.6. The third-order valence-corrected chi connectivity index (χ3v) is 7.93. The highest BCUT2D eigenvalue weighted by molar-refractivity contribution is 7.90. The van der Waals surface area contributed by atoms with E-state index in [0.29, 0.717) is 17.9 Å². The molecule has 0 saturated heterocycles. The summed E-state index contributed by atoms with van der Waals surface area (Å²) in [4.78, 5) is 13.1. The highest BCUT2D eigenvalue weighted by Gasteiger charge is 2.23. The first-order chi connectivity index (χ1) is 18.9. The predicted octanol–water partition coefficient (Wildman–Crippen LogP) is 7.12. The second kappa shape index (κ2) is 11.7. The summed E-state index contributed by atoms with van der Waals surface area (Å²) in [6.45, 7) is 0.579. The van der Waals surface area contributed by atoms with Gasteiger partial charge in [0.15, 0.2) is 9.84 Å². The predicted molar refractivity (Wildman–Crippen MR) is 153 cm³/mol. The summed E-state index contributed by atoms with van der Waals surface area (Å²) in [5.41, 5.74) is 6.26. The Kier molecular flexibility index (Phi) is 7.94. The molecule has 1 aliphatic carbocycles. The molecular weight excluding hydrogens is 508 g/mol. The molecule has 1 aliphatic rings. The highest BCUT2D eigenvalue weighted by atomic mass is 32.2. The topological polar surface area (TPSA) is 69.7 Å². The van der Waals surface area contributed by atoms with Crippen LogP contribution in [0.5, 0.6) is 5.75 Å². The van der Waals surface area contributed by atoms with Crippen LogP contribution in [0.15, 0.2) is 108 Å². The fraction of sp³-hybridized carbons (Fsp3) is 0.182. The molecule has 0 unspecified atom stereocenters. The Morgan fingerprint density at radius 3 is 2.10 bits per heavy atom.